The molecule has 1 aliphatic heterocycles. The van der Waals surface area contributed by atoms with Gasteiger partial charge in [0.1, 0.15) is 0 Å². The Balaban J connectivity index is 1.94. The first-order valence-electron chi connectivity index (χ1n) is 4.36. The summed E-state index contributed by atoms with van der Waals surface area (Å²) >= 11 is 0. The predicted octanol–water partition coefficient (Wildman–Crippen LogP) is -0.641. The SMILES string of the molecule is NCC(O)COCC1CCOC1. The molecule has 4 nitrogen and oxygen atoms in total. The molecule has 1 heterocycles. The van der Waals surface area contributed by atoms with E-state index in [1.54, 1.807) is 0 Å². The Kier molecular flexibility index (Phi) is 4.53. The van der Waals surface area contributed by atoms with Crippen LogP contribution in [-0.4, -0.2) is 44.2 Å². The van der Waals surface area contributed by atoms with E-state index < -0.39 is 6.10 Å². The molecule has 3 N–H and O–H groups in total. The Hall–Kier alpha value is -0.160. The summed E-state index contributed by atoms with van der Waals surface area (Å²) in [4.78, 5) is 0. The molecule has 4 heteroatoms. The molecule has 0 amide bonds. The molecule has 0 aromatic rings. The van der Waals surface area contributed by atoms with E-state index in [-0.39, 0.29) is 6.54 Å². The first-order chi connectivity index (χ1) is 5.83. The fourth-order valence-electron chi connectivity index (χ4n) is 1.15. The summed E-state index contributed by atoms with van der Waals surface area (Å²) < 4.78 is 10.4. The van der Waals surface area contributed by atoms with Crippen LogP contribution in [0.3, 0.4) is 0 Å². The number of rotatable bonds is 5. The van der Waals surface area contributed by atoms with E-state index in [0.29, 0.717) is 19.1 Å². The van der Waals surface area contributed by atoms with Crippen molar-refractivity contribution in [3.8, 4) is 0 Å². The van der Waals surface area contributed by atoms with Crippen LogP contribution in [-0.2, 0) is 9.47 Å². The van der Waals surface area contributed by atoms with Crippen LogP contribution in [0, 0.1) is 5.92 Å². The molecule has 1 fully saturated rings. The normalized spacial score (nSPS) is 26.0. The predicted molar refractivity (Wildman–Crippen MR) is 44.8 cm³/mol. The number of ether oxygens (including phenoxy) is 2. The average Bonchev–Trinajstić information content (AvgIpc) is 2.57. The highest BCUT2D eigenvalue weighted by Gasteiger charge is 2.15. The molecule has 1 saturated heterocycles. The third kappa shape index (κ3) is 3.49. The molecule has 0 radical (unpaired) electrons. The summed E-state index contributed by atoms with van der Waals surface area (Å²) in [7, 11) is 0. The number of hydrogen-bond acceptors (Lipinski definition) is 4. The largest absolute Gasteiger partial charge is 0.389 e. The molecule has 72 valence electrons. The van der Waals surface area contributed by atoms with E-state index in [9.17, 15) is 0 Å². The lowest BCUT2D eigenvalue weighted by atomic mass is 10.1. The van der Waals surface area contributed by atoms with Gasteiger partial charge in [0, 0.05) is 19.1 Å². The van der Waals surface area contributed by atoms with Crippen LogP contribution in [0.4, 0.5) is 0 Å². The first kappa shape index (κ1) is 9.92. The zero-order valence-corrected chi connectivity index (χ0v) is 7.24. The van der Waals surface area contributed by atoms with Crippen molar-refractivity contribution in [3.05, 3.63) is 0 Å². The monoisotopic (exact) mass is 175 g/mol. The number of hydrogen-bond donors (Lipinski definition) is 2. The van der Waals surface area contributed by atoms with Crippen molar-refractivity contribution in [1.29, 1.82) is 0 Å². The highest BCUT2D eigenvalue weighted by Crippen LogP contribution is 2.12. The Labute approximate surface area is 72.6 Å². The molecular weight excluding hydrogens is 158 g/mol. The summed E-state index contributed by atoms with van der Waals surface area (Å²) in [6.07, 6.45) is 0.547. The second-order valence-corrected chi connectivity index (χ2v) is 3.16. The summed E-state index contributed by atoms with van der Waals surface area (Å²) in [5, 5.41) is 9.05. The quantitative estimate of drug-likeness (QED) is 0.583. The van der Waals surface area contributed by atoms with E-state index >= 15 is 0 Å². The van der Waals surface area contributed by atoms with Gasteiger partial charge in [0.2, 0.25) is 0 Å². The lowest BCUT2D eigenvalue weighted by molar-refractivity contribution is 0.0231. The van der Waals surface area contributed by atoms with Gasteiger partial charge < -0.3 is 20.3 Å². The third-order valence-corrected chi connectivity index (χ3v) is 1.96. The van der Waals surface area contributed by atoms with Gasteiger partial charge in [0.25, 0.3) is 0 Å². The third-order valence-electron chi connectivity index (χ3n) is 1.96. The molecule has 0 spiro atoms. The van der Waals surface area contributed by atoms with Crippen LogP contribution in [0.15, 0.2) is 0 Å². The van der Waals surface area contributed by atoms with Gasteiger partial charge in [0.15, 0.2) is 0 Å². The lowest BCUT2D eigenvalue weighted by Gasteiger charge is -2.11. The minimum atomic E-state index is -0.521. The molecule has 0 aromatic carbocycles. The van der Waals surface area contributed by atoms with Crippen LogP contribution >= 0.6 is 0 Å². The van der Waals surface area contributed by atoms with E-state index in [0.717, 1.165) is 19.6 Å². The maximum Gasteiger partial charge on any atom is 0.0895 e. The van der Waals surface area contributed by atoms with E-state index in [4.69, 9.17) is 20.3 Å². The number of aliphatic hydroxyl groups excluding tert-OH is 1. The van der Waals surface area contributed by atoms with E-state index in [2.05, 4.69) is 0 Å². The van der Waals surface area contributed by atoms with Gasteiger partial charge in [-0.3, -0.25) is 0 Å². The molecule has 0 aliphatic carbocycles. The van der Waals surface area contributed by atoms with Crippen molar-refractivity contribution < 1.29 is 14.6 Å². The maximum atomic E-state index is 9.05. The van der Waals surface area contributed by atoms with Crippen LogP contribution in [0.2, 0.25) is 0 Å². The molecule has 0 aromatic heterocycles. The molecule has 12 heavy (non-hydrogen) atoms. The summed E-state index contributed by atoms with van der Waals surface area (Å²) in [5.74, 6) is 0.509. The standard InChI is InChI=1S/C8H17NO3/c9-3-8(10)6-12-5-7-1-2-11-4-7/h7-8,10H,1-6,9H2. The Morgan fingerprint density at radius 3 is 3.08 bits per heavy atom. The van der Waals surface area contributed by atoms with Crippen LogP contribution in [0.1, 0.15) is 6.42 Å². The van der Waals surface area contributed by atoms with Gasteiger partial charge in [-0.2, -0.15) is 0 Å². The molecule has 0 bridgehead atoms. The van der Waals surface area contributed by atoms with Crippen molar-refractivity contribution >= 4 is 0 Å². The fraction of sp³-hybridized carbons (Fsp3) is 1.00. The zero-order chi connectivity index (χ0) is 8.81. The smallest absolute Gasteiger partial charge is 0.0895 e. The molecular formula is C8H17NO3. The number of nitrogens with two attached hydrogens (primary N) is 1. The molecule has 0 saturated carbocycles. The highest BCUT2D eigenvalue weighted by molar-refractivity contribution is 4.63. The summed E-state index contributed by atoms with van der Waals surface area (Å²) in [6.45, 7) is 2.91. The Morgan fingerprint density at radius 2 is 2.50 bits per heavy atom. The topological polar surface area (TPSA) is 64.7 Å². The van der Waals surface area contributed by atoms with Crippen molar-refractivity contribution in [1.82, 2.24) is 0 Å². The summed E-state index contributed by atoms with van der Waals surface area (Å²) in [6, 6.07) is 0. The first-order valence-corrected chi connectivity index (χ1v) is 4.36. The molecule has 2 atom stereocenters. The van der Waals surface area contributed by atoms with E-state index in [1.165, 1.54) is 0 Å². The summed E-state index contributed by atoms with van der Waals surface area (Å²) in [5.41, 5.74) is 5.21. The van der Waals surface area contributed by atoms with Gasteiger partial charge in [-0.15, -0.1) is 0 Å². The van der Waals surface area contributed by atoms with Gasteiger partial charge in [-0.1, -0.05) is 0 Å². The Bertz CT molecular complexity index is 115. The molecule has 1 aliphatic rings. The van der Waals surface area contributed by atoms with Gasteiger partial charge in [0.05, 0.1) is 25.9 Å². The lowest BCUT2D eigenvalue weighted by Crippen LogP contribution is -2.26. The second kappa shape index (κ2) is 5.48. The van der Waals surface area contributed by atoms with Gasteiger partial charge in [-0.05, 0) is 6.42 Å². The van der Waals surface area contributed by atoms with Crippen LogP contribution in [0.5, 0.6) is 0 Å². The van der Waals surface area contributed by atoms with E-state index in [1.807, 2.05) is 0 Å². The highest BCUT2D eigenvalue weighted by atomic mass is 16.5. The minimum Gasteiger partial charge on any atom is -0.389 e. The van der Waals surface area contributed by atoms with Crippen LogP contribution in [0.25, 0.3) is 0 Å². The van der Waals surface area contributed by atoms with Crippen molar-refractivity contribution in [2.45, 2.75) is 12.5 Å². The fourth-order valence-corrected chi connectivity index (χ4v) is 1.15. The molecule has 2 unspecified atom stereocenters. The van der Waals surface area contributed by atoms with Crippen molar-refractivity contribution in [3.63, 3.8) is 0 Å². The zero-order valence-electron chi connectivity index (χ0n) is 7.24. The van der Waals surface area contributed by atoms with Crippen molar-refractivity contribution in [2.75, 3.05) is 33.0 Å². The molecule has 1 rings (SSSR count). The second-order valence-electron chi connectivity index (χ2n) is 3.16. The van der Waals surface area contributed by atoms with Crippen molar-refractivity contribution in [2.24, 2.45) is 11.7 Å². The van der Waals surface area contributed by atoms with Gasteiger partial charge >= 0.3 is 0 Å². The Morgan fingerprint density at radius 1 is 1.67 bits per heavy atom. The minimum absolute atomic E-state index is 0.265. The van der Waals surface area contributed by atoms with Gasteiger partial charge in [-0.25, -0.2) is 0 Å². The van der Waals surface area contributed by atoms with Crippen LogP contribution < -0.4 is 5.73 Å². The number of aliphatic hydroxyl groups is 1. The maximum absolute atomic E-state index is 9.05. The average molecular weight is 175 g/mol.